The van der Waals surface area contributed by atoms with Gasteiger partial charge in [0.1, 0.15) is 6.61 Å². The summed E-state index contributed by atoms with van der Waals surface area (Å²) in [5.74, 6) is 1.69. The second-order valence-corrected chi connectivity index (χ2v) is 5.35. The van der Waals surface area contributed by atoms with E-state index < -0.39 is 11.6 Å². The third-order valence-corrected chi connectivity index (χ3v) is 4.14. The van der Waals surface area contributed by atoms with E-state index >= 15 is 0 Å². The molecule has 1 N–H and O–H groups in total. The minimum absolute atomic E-state index is 0.128. The Labute approximate surface area is 123 Å². The molecule has 2 heterocycles. The zero-order chi connectivity index (χ0) is 14.2. The Hall–Kier alpha value is -1.33. The van der Waals surface area contributed by atoms with Crippen LogP contribution in [0.4, 0.5) is 0 Å². The minimum atomic E-state index is -1.75. The van der Waals surface area contributed by atoms with Gasteiger partial charge in [0.05, 0.1) is 15.8 Å². The molecule has 6 heteroatoms. The van der Waals surface area contributed by atoms with E-state index in [1.54, 1.807) is 13.0 Å². The molecule has 0 unspecified atom stereocenters. The van der Waals surface area contributed by atoms with Gasteiger partial charge in [-0.1, -0.05) is 12.8 Å². The summed E-state index contributed by atoms with van der Waals surface area (Å²) >= 11 is 1.96. The molecular weight excluding hydrogens is 361 g/mol. The van der Waals surface area contributed by atoms with Crippen LogP contribution in [-0.2, 0) is 28.3 Å². The Balaban J connectivity index is 2.74. The first-order chi connectivity index (χ1) is 8.95. The molecule has 2 rings (SSSR count). The summed E-state index contributed by atoms with van der Waals surface area (Å²) < 4.78 is 6.90. The fourth-order valence-corrected chi connectivity index (χ4v) is 2.81. The van der Waals surface area contributed by atoms with Crippen molar-refractivity contribution in [3.63, 3.8) is 0 Å². The van der Waals surface area contributed by atoms with E-state index in [1.165, 1.54) is 4.57 Å². The molecule has 0 spiro atoms. The predicted molar refractivity (Wildman–Crippen MR) is 76.2 cm³/mol. The van der Waals surface area contributed by atoms with E-state index in [4.69, 9.17) is 11.2 Å². The van der Waals surface area contributed by atoms with Gasteiger partial charge in [-0.3, -0.25) is 9.36 Å². The summed E-state index contributed by atoms with van der Waals surface area (Å²) in [4.78, 5) is 24.0. The lowest BCUT2D eigenvalue weighted by Crippen LogP contribution is -2.44. The molecule has 0 fully saturated rings. The number of hydrogen-bond acceptors (Lipinski definition) is 4. The smallest absolute Gasteiger partial charge is 0.343 e. The van der Waals surface area contributed by atoms with Crippen molar-refractivity contribution < 1.29 is 14.6 Å². The molecule has 100 valence electrons. The Morgan fingerprint density at radius 2 is 2.32 bits per heavy atom. The summed E-state index contributed by atoms with van der Waals surface area (Å²) in [6.45, 7) is 1.68. The van der Waals surface area contributed by atoms with Crippen molar-refractivity contribution in [2.24, 2.45) is 0 Å². The Bertz CT molecular complexity index is 643. The van der Waals surface area contributed by atoms with Gasteiger partial charge >= 0.3 is 5.97 Å². The molecule has 0 aromatic carbocycles. The molecule has 0 aliphatic carbocycles. The lowest BCUT2D eigenvalue weighted by atomic mass is 9.87. The maximum absolute atomic E-state index is 12.3. The first kappa shape index (κ1) is 14.1. The van der Waals surface area contributed by atoms with Crippen molar-refractivity contribution in [3.8, 4) is 12.3 Å². The van der Waals surface area contributed by atoms with E-state index in [-0.39, 0.29) is 25.1 Å². The number of rotatable bonds is 2. The quantitative estimate of drug-likeness (QED) is 0.360. The second-order valence-electron chi connectivity index (χ2n) is 4.24. The largest absolute Gasteiger partial charge is 0.458 e. The van der Waals surface area contributed by atoms with E-state index in [2.05, 4.69) is 5.92 Å². The van der Waals surface area contributed by atoms with E-state index in [0.29, 0.717) is 14.8 Å². The topological polar surface area (TPSA) is 68.5 Å². The summed E-state index contributed by atoms with van der Waals surface area (Å²) in [7, 11) is 0. The summed E-state index contributed by atoms with van der Waals surface area (Å²) in [5, 5.41) is 10.4. The molecule has 19 heavy (non-hydrogen) atoms. The first-order valence-corrected chi connectivity index (χ1v) is 6.79. The number of terminal acetylenes is 1. The molecular formula is C13H12INO4. The van der Waals surface area contributed by atoms with Crippen LogP contribution >= 0.6 is 22.6 Å². The highest BCUT2D eigenvalue weighted by molar-refractivity contribution is 14.1. The standard InChI is InChI=1S/C13H12INO4/c1-3-5-15-10(14)6-9-8(11(15)16)7-19-12(17)13(9,18)4-2/h1,6,18H,4-5,7H2,2H3/t13-/m0/s1. The number of ether oxygens (including phenoxy) is 1. The highest BCUT2D eigenvalue weighted by atomic mass is 127. The predicted octanol–water partition coefficient (Wildman–Crippen LogP) is 0.740. The van der Waals surface area contributed by atoms with Gasteiger partial charge in [0.2, 0.25) is 0 Å². The zero-order valence-corrected chi connectivity index (χ0v) is 12.4. The number of hydrogen-bond donors (Lipinski definition) is 1. The van der Waals surface area contributed by atoms with Crippen LogP contribution in [0, 0.1) is 16.0 Å². The Morgan fingerprint density at radius 1 is 1.63 bits per heavy atom. The molecule has 5 nitrogen and oxygen atoms in total. The highest BCUT2D eigenvalue weighted by Gasteiger charge is 2.44. The first-order valence-electron chi connectivity index (χ1n) is 5.71. The summed E-state index contributed by atoms with van der Waals surface area (Å²) in [6, 6.07) is 1.62. The molecule has 0 radical (unpaired) electrons. The normalized spacial score (nSPS) is 21.5. The minimum Gasteiger partial charge on any atom is -0.458 e. The van der Waals surface area contributed by atoms with Gasteiger partial charge < -0.3 is 9.84 Å². The van der Waals surface area contributed by atoms with Crippen LogP contribution in [0.3, 0.4) is 0 Å². The molecule has 0 bridgehead atoms. The maximum Gasteiger partial charge on any atom is 0.343 e. The molecule has 1 aromatic rings. The molecule has 1 atom stereocenters. The van der Waals surface area contributed by atoms with Crippen molar-refractivity contribution >= 4 is 28.6 Å². The van der Waals surface area contributed by atoms with Gasteiger partial charge in [0.15, 0.2) is 5.60 Å². The average Bonchev–Trinajstić information content (AvgIpc) is 2.39. The SMILES string of the molecule is C#CCn1c(I)cc2c(c1=O)COC(=O)[C@]2(O)CC. The van der Waals surface area contributed by atoms with Crippen LogP contribution in [0.5, 0.6) is 0 Å². The third kappa shape index (κ3) is 2.07. The average molecular weight is 373 g/mol. The maximum atomic E-state index is 12.3. The number of esters is 1. The Morgan fingerprint density at radius 3 is 2.89 bits per heavy atom. The molecule has 0 amide bonds. The van der Waals surface area contributed by atoms with E-state index in [0.717, 1.165) is 0 Å². The van der Waals surface area contributed by atoms with E-state index in [9.17, 15) is 14.7 Å². The van der Waals surface area contributed by atoms with Crippen LogP contribution in [0.1, 0.15) is 24.5 Å². The molecule has 1 aliphatic heterocycles. The van der Waals surface area contributed by atoms with Gasteiger partial charge in [-0.15, -0.1) is 6.42 Å². The lowest BCUT2D eigenvalue weighted by Gasteiger charge is -2.31. The van der Waals surface area contributed by atoms with E-state index in [1.807, 2.05) is 22.6 Å². The summed E-state index contributed by atoms with van der Waals surface area (Å²) in [6.07, 6.45) is 5.37. The van der Waals surface area contributed by atoms with Crippen molar-refractivity contribution in [2.45, 2.75) is 32.1 Å². The number of aliphatic hydroxyl groups is 1. The van der Waals surface area contributed by atoms with Crippen molar-refractivity contribution in [2.75, 3.05) is 0 Å². The van der Waals surface area contributed by atoms with Gasteiger partial charge in [-0.05, 0) is 35.1 Å². The highest BCUT2D eigenvalue weighted by Crippen LogP contribution is 2.33. The monoisotopic (exact) mass is 373 g/mol. The number of cyclic esters (lactones) is 1. The second kappa shape index (κ2) is 4.98. The van der Waals surface area contributed by atoms with Crippen molar-refractivity contribution in [1.82, 2.24) is 4.57 Å². The fourth-order valence-electron chi connectivity index (χ4n) is 2.11. The van der Waals surface area contributed by atoms with Crippen LogP contribution in [-0.4, -0.2) is 15.6 Å². The van der Waals surface area contributed by atoms with Crippen molar-refractivity contribution in [3.05, 3.63) is 31.2 Å². The molecule has 1 aliphatic rings. The molecule has 0 saturated heterocycles. The number of carbonyl (C=O) groups is 1. The van der Waals surface area contributed by atoms with Crippen LogP contribution in [0.2, 0.25) is 0 Å². The number of nitrogens with zero attached hydrogens (tertiary/aromatic N) is 1. The number of carbonyl (C=O) groups excluding carboxylic acids is 1. The molecule has 1 aromatic heterocycles. The Kier molecular flexibility index (Phi) is 3.69. The lowest BCUT2D eigenvalue weighted by molar-refractivity contribution is -0.172. The zero-order valence-electron chi connectivity index (χ0n) is 10.3. The van der Waals surface area contributed by atoms with Crippen molar-refractivity contribution in [1.29, 1.82) is 0 Å². The number of halogens is 1. The summed E-state index contributed by atoms with van der Waals surface area (Å²) in [5.41, 5.74) is -1.45. The van der Waals surface area contributed by atoms with Crippen LogP contribution in [0.15, 0.2) is 10.9 Å². The fraction of sp³-hybridized carbons (Fsp3) is 0.385. The number of pyridine rings is 1. The number of fused-ring (bicyclic) bond motifs is 1. The van der Waals surface area contributed by atoms with Gasteiger partial charge in [-0.2, -0.15) is 0 Å². The van der Waals surface area contributed by atoms with Crippen LogP contribution < -0.4 is 5.56 Å². The van der Waals surface area contributed by atoms with Crippen LogP contribution in [0.25, 0.3) is 0 Å². The third-order valence-electron chi connectivity index (χ3n) is 3.24. The number of aromatic nitrogens is 1. The molecule has 0 saturated carbocycles. The van der Waals surface area contributed by atoms with Gasteiger partial charge in [0, 0.05) is 5.56 Å². The van der Waals surface area contributed by atoms with Gasteiger partial charge in [-0.25, -0.2) is 4.79 Å². The van der Waals surface area contributed by atoms with Gasteiger partial charge in [0.25, 0.3) is 5.56 Å².